The van der Waals surface area contributed by atoms with Gasteiger partial charge in [0.2, 0.25) is 88.6 Å². The lowest BCUT2D eigenvalue weighted by Crippen LogP contribution is -2.78. The molecule has 0 saturated heterocycles. The number of rotatable bonds is 61. The second-order valence-corrected chi connectivity index (χ2v) is 33.4. The Hall–Kier alpha value is -12.1. The number of carbonyl (C=O) groups excluding carboxylic acids is 16. The summed E-state index contributed by atoms with van der Waals surface area (Å²) in [5.41, 5.74) is 25.4. The number of guanidine groups is 1. The van der Waals surface area contributed by atoms with Crippen LogP contribution in [0.1, 0.15) is 171 Å². The zero-order chi connectivity index (χ0) is 96.1. The summed E-state index contributed by atoms with van der Waals surface area (Å²) in [6, 6.07) is -15.5. The Morgan fingerprint density at radius 3 is 1.24 bits per heavy atom. The molecule has 47 heteroatoms. The maximum Gasteiger partial charge on any atom is 0.338 e. The summed E-state index contributed by atoms with van der Waals surface area (Å²) in [5, 5.41) is 76.7. The van der Waals surface area contributed by atoms with Crippen LogP contribution in [0.4, 0.5) is 0 Å². The van der Waals surface area contributed by atoms with Crippen LogP contribution in [0.15, 0.2) is 42.9 Å². The number of quaternary nitrogens is 2. The lowest BCUT2D eigenvalue weighted by atomic mass is 9.99. The minimum Gasteiger partial charge on any atom is -0.481 e. The van der Waals surface area contributed by atoms with E-state index in [1.54, 1.807) is 85.7 Å². The third-order valence-corrected chi connectivity index (χ3v) is 20.3. The van der Waals surface area contributed by atoms with Crippen molar-refractivity contribution in [2.24, 2.45) is 40.9 Å². The van der Waals surface area contributed by atoms with Gasteiger partial charge in [-0.1, -0.05) is 85.7 Å². The molecule has 33 N–H and O–H groups in total. The van der Waals surface area contributed by atoms with E-state index < -0.39 is 266 Å². The maximum absolute atomic E-state index is 14.3. The number of carboxylic acid groups (broad SMARTS) is 3. The average molecular weight is 1820 g/mol. The van der Waals surface area contributed by atoms with E-state index >= 15 is 0 Å². The van der Waals surface area contributed by atoms with Crippen LogP contribution in [0.3, 0.4) is 0 Å². The van der Waals surface area contributed by atoms with Crippen LogP contribution in [0.5, 0.6) is 0 Å². The number of imidazole rings is 1. The molecule has 0 fully saturated rings. The second-order valence-electron chi connectivity index (χ2n) is 32.4. The number of carbonyl (C=O) groups is 19. The Labute approximate surface area is 740 Å². The summed E-state index contributed by atoms with van der Waals surface area (Å²) in [5.74, 6) is -21.8. The molecule has 1 aromatic carbocycles. The Balaban J connectivity index is 2.34. The molecule has 46 nitrogen and oxygen atoms in total. The topological polar surface area (TPSA) is 762 Å². The number of hydrogen-bond acceptors (Lipinski definition) is 22. The number of aliphatic carboxylic acids is 3. The van der Waals surface area contributed by atoms with Gasteiger partial charge in [-0.05, 0) is 120 Å². The van der Waals surface area contributed by atoms with E-state index in [1.165, 1.54) is 38.1 Å². The number of amides is 16. The number of aliphatic hydroxyl groups excluding tert-OH is 1. The molecule has 16 atom stereocenters. The quantitative estimate of drug-likeness (QED) is 0.0166. The summed E-state index contributed by atoms with van der Waals surface area (Å²) in [6.45, 7) is 16.0. The van der Waals surface area contributed by atoms with Crippen LogP contribution in [0.25, 0.3) is 0 Å². The van der Waals surface area contributed by atoms with Gasteiger partial charge in [-0.25, -0.2) is 9.78 Å². The van der Waals surface area contributed by atoms with Crippen molar-refractivity contribution in [1.29, 1.82) is 0 Å². The molecule has 0 aliphatic carbocycles. The molecule has 0 unspecified atom stereocenters. The molecular weight excluding hydrogens is 1680 g/mol. The van der Waals surface area contributed by atoms with Gasteiger partial charge in [0.25, 0.3) is 5.91 Å². The molecule has 2 rings (SSSR count). The van der Waals surface area contributed by atoms with Crippen molar-refractivity contribution in [3.63, 3.8) is 0 Å². The summed E-state index contributed by atoms with van der Waals surface area (Å²) >= 11 is 1.50. The van der Waals surface area contributed by atoms with E-state index in [9.17, 15) is 112 Å². The molecule has 1 heterocycles. The van der Waals surface area contributed by atoms with Crippen molar-refractivity contribution in [1.82, 2.24) is 89.7 Å². The number of nitrogens with two attached hydrogens (primary N) is 3. The summed E-state index contributed by atoms with van der Waals surface area (Å²) in [4.78, 5) is 268. The Kier molecular flexibility index (Phi) is 50.2. The molecule has 0 aliphatic heterocycles. The first kappa shape index (κ1) is 111. The molecule has 0 radical (unpaired) electrons. The van der Waals surface area contributed by atoms with Crippen molar-refractivity contribution in [3.05, 3.63) is 54.1 Å². The highest BCUT2D eigenvalue weighted by atomic mass is 32.2. The third-order valence-electron chi connectivity index (χ3n) is 19.6. The number of H-pyrrole nitrogens is 1. The normalized spacial score (nSPS) is 15.0. The minimum atomic E-state index is -1.88. The Morgan fingerprint density at radius 1 is 0.433 bits per heavy atom. The van der Waals surface area contributed by atoms with Gasteiger partial charge in [0.05, 0.1) is 38.1 Å². The van der Waals surface area contributed by atoms with Crippen molar-refractivity contribution in [3.8, 4) is 0 Å². The standard InChI is InChI=1S/C80H131N23O23S/c1-39(2)31-53(96-65(111)44(10)89-64(110)43(9)91-76(122)58(37-104)101-78(124)63(42(7)8)103-71(117)50(22-18-29-87-80(84)85)93-74(120)55(34-47-36-86-38-88-47)98-67(113)48(82)27-30-127-12)72(118)95-52(24-26-61(108)109)69(115)94-51(23-25-60(106)107)68(114)90-45(11)66(112)97-56(35-59(83)105)75(121)92-49(21-16-17-28-81)70(116)102-62(41(5)6)77(123)99-54(33-46-19-14-13-15-20-46)73(119)100-57(79(125)126)32-40(3)4/h13-15,19-20,36,38-45,48-58,62-63,104H,16-18,21-35,37,81-82H2,1-12H3,(H2,83,105)(H,86,88)(H,89,110)(H,90,114)(H,91,122)(H,92,121)(H,93,120)(H,94,115)(H,95,118)(H,96,111)(H,97,112)(H,98,113)(H,99,123)(H,100,119)(H,101,124)(H,102,116)(H,103,117)(H,106,107)(H,108,109)(H,125,126)(H4,84,85,87)/p+3/t43-,44-,45-,48-,49-,50-,51-,52-,53-,54-,55-,56-,57-,58-,62-,63-/m0/s1. The molecule has 0 saturated carbocycles. The third kappa shape index (κ3) is 42.6. The number of nitrogens with zero attached hydrogens (tertiary/aromatic N) is 1. The van der Waals surface area contributed by atoms with Crippen molar-refractivity contribution >= 4 is 130 Å². The predicted molar refractivity (Wildman–Crippen MR) is 459 cm³/mol. The summed E-state index contributed by atoms with van der Waals surface area (Å²) in [7, 11) is 0. The predicted octanol–water partition coefficient (Wildman–Crippen LogP) is -9.48. The number of aromatic nitrogens is 2. The van der Waals surface area contributed by atoms with Crippen molar-refractivity contribution in [2.75, 3.05) is 31.7 Å². The zero-order valence-electron chi connectivity index (χ0n) is 74.1. The number of hydrogen-bond donors (Lipinski definition) is 26. The lowest BCUT2D eigenvalue weighted by Gasteiger charge is -2.29. The van der Waals surface area contributed by atoms with Crippen LogP contribution < -0.4 is 113 Å². The van der Waals surface area contributed by atoms with Gasteiger partial charge in [0.15, 0.2) is 6.04 Å². The number of thioether (sulfide) groups is 1. The minimum absolute atomic E-state index is 0.0654. The zero-order valence-corrected chi connectivity index (χ0v) is 74.9. The molecule has 0 spiro atoms. The molecule has 1 aromatic heterocycles. The number of unbranched alkanes of at least 4 members (excludes halogenated alkanes) is 1. The second kappa shape index (κ2) is 57.5. The number of carboxylic acids is 3. The molecular formula is C80H134N23O23S+3. The maximum atomic E-state index is 14.3. The monoisotopic (exact) mass is 1820 g/mol. The SMILES string of the molecule is CSCC[C@H]([NH3+])C(=O)N[C@@H](Cc1c[nH]cn1)C(=O)N[C@@H](CCC[NH+]=C(N)N)C(=O)N[C@H](C(=O)N[C@@H](CO)C(=O)N[C@@H](C)C(=O)N[C@@H](C)C(=O)N[C@@H](CC(C)C)C(=O)N[C@@H](CCC(=O)O)C(=O)N[C@@H](CCC(=O)O)C(=O)N[C@@H](C)C(=O)N[C@@H](CC(N)=O)C(=O)N[C@@H](CCCC[NH3+])C(=O)N[C@H](C(=O)N[C@@H](Cc1ccccc1)C(=O)N[C@@H](CC(C)C)C(=O)O)C(C)C)C(C)C. The fourth-order valence-electron chi connectivity index (χ4n) is 12.5. The molecule has 2 aromatic rings. The number of nitrogens with one attached hydrogen (secondary N) is 17. The fourth-order valence-corrected chi connectivity index (χ4v) is 13.0. The van der Waals surface area contributed by atoms with Crippen LogP contribution in [-0.2, 0) is 104 Å². The van der Waals surface area contributed by atoms with E-state index in [4.69, 9.17) is 17.2 Å². The number of aromatic amines is 1. The van der Waals surface area contributed by atoms with Gasteiger partial charge in [-0.2, -0.15) is 11.8 Å². The summed E-state index contributed by atoms with van der Waals surface area (Å²) in [6.07, 6.45) is 1.65. The van der Waals surface area contributed by atoms with Crippen LogP contribution in [0.2, 0.25) is 0 Å². The molecule has 127 heavy (non-hydrogen) atoms. The lowest BCUT2D eigenvalue weighted by molar-refractivity contribution is -0.459. The number of benzene rings is 1. The van der Waals surface area contributed by atoms with E-state index in [0.717, 1.165) is 6.92 Å². The molecule has 16 amide bonds. The highest BCUT2D eigenvalue weighted by molar-refractivity contribution is 7.98. The number of primary amides is 1. The van der Waals surface area contributed by atoms with E-state index in [0.29, 0.717) is 36.4 Å². The Morgan fingerprint density at radius 2 is 0.811 bits per heavy atom. The van der Waals surface area contributed by atoms with Crippen LogP contribution in [-0.4, -0.2) is 277 Å². The van der Waals surface area contributed by atoms with Gasteiger partial charge in [0, 0.05) is 38.3 Å². The Bertz CT molecular complexity index is 4040. The smallest absolute Gasteiger partial charge is 0.338 e. The molecule has 710 valence electrons. The van der Waals surface area contributed by atoms with Crippen molar-refractivity contribution in [2.45, 2.75) is 269 Å². The van der Waals surface area contributed by atoms with Gasteiger partial charge in [-0.15, -0.1) is 0 Å². The fraction of sp³-hybridized carbons (Fsp3) is 0.637. The van der Waals surface area contributed by atoms with Gasteiger partial charge in [-0.3, -0.25) is 103 Å². The highest BCUT2D eigenvalue weighted by Gasteiger charge is 2.40. The average Bonchev–Trinajstić information content (AvgIpc) is 1.01. The van der Waals surface area contributed by atoms with E-state index in [-0.39, 0.29) is 69.8 Å². The summed E-state index contributed by atoms with van der Waals surface area (Å²) < 4.78 is 0. The van der Waals surface area contributed by atoms with Crippen molar-refractivity contribution < 1.29 is 128 Å². The molecule has 0 aliphatic rings. The number of aliphatic hydroxyl groups is 1. The highest BCUT2D eigenvalue weighted by Crippen LogP contribution is 2.16. The van der Waals surface area contributed by atoms with Crippen LogP contribution >= 0.6 is 11.8 Å². The first-order chi connectivity index (χ1) is 59.6. The first-order valence-electron chi connectivity index (χ1n) is 42.0. The first-order valence-corrected chi connectivity index (χ1v) is 43.4. The molecule has 0 bridgehead atoms. The van der Waals surface area contributed by atoms with Crippen LogP contribution in [0, 0.1) is 23.7 Å². The van der Waals surface area contributed by atoms with E-state index in [1.807, 2.05) is 6.26 Å². The van der Waals surface area contributed by atoms with Gasteiger partial charge < -0.3 is 122 Å². The van der Waals surface area contributed by atoms with E-state index in [2.05, 4.69) is 106 Å². The van der Waals surface area contributed by atoms with Gasteiger partial charge in [0.1, 0.15) is 90.6 Å². The largest absolute Gasteiger partial charge is 0.481 e. The van der Waals surface area contributed by atoms with Gasteiger partial charge >= 0.3 is 23.9 Å².